The van der Waals surface area contributed by atoms with Crippen LogP contribution in [-0.4, -0.2) is 34.5 Å². The van der Waals surface area contributed by atoms with Crippen molar-refractivity contribution in [3.63, 3.8) is 0 Å². The van der Waals surface area contributed by atoms with E-state index in [2.05, 4.69) is 22.2 Å². The van der Waals surface area contributed by atoms with Crippen molar-refractivity contribution in [2.75, 3.05) is 23.8 Å². The van der Waals surface area contributed by atoms with Crippen LogP contribution in [-0.2, 0) is 0 Å². The van der Waals surface area contributed by atoms with Gasteiger partial charge in [-0.25, -0.2) is 4.98 Å². The Bertz CT molecular complexity index is 492. The third-order valence-corrected chi connectivity index (χ3v) is 3.46. The number of aromatic nitrogens is 2. The van der Waals surface area contributed by atoms with Crippen molar-refractivity contribution < 1.29 is 4.92 Å². The second kappa shape index (κ2) is 7.75. The Morgan fingerprint density at radius 3 is 2.52 bits per heavy atom. The summed E-state index contributed by atoms with van der Waals surface area (Å²) in [6.07, 6.45) is 2.91. The zero-order chi connectivity index (χ0) is 16.0. The maximum Gasteiger partial charge on any atom is 0.332 e. The third kappa shape index (κ3) is 4.27. The fraction of sp³-hybridized carbons (Fsp3) is 0.714. The molecule has 1 atom stereocenters. The fourth-order valence-electron chi connectivity index (χ4n) is 2.15. The lowest BCUT2D eigenvalue weighted by molar-refractivity contribution is -0.385. The molecule has 1 N–H and O–H groups in total. The molecule has 7 heteroatoms. The van der Waals surface area contributed by atoms with E-state index in [1.54, 1.807) is 6.92 Å². The van der Waals surface area contributed by atoms with Crippen molar-refractivity contribution in [2.24, 2.45) is 0 Å². The van der Waals surface area contributed by atoms with Crippen LogP contribution in [0.25, 0.3) is 0 Å². The highest BCUT2D eigenvalue weighted by molar-refractivity contribution is 5.62. The predicted molar refractivity (Wildman–Crippen MR) is 85.0 cm³/mol. The van der Waals surface area contributed by atoms with Crippen LogP contribution in [0.15, 0.2) is 0 Å². The molecule has 21 heavy (non-hydrogen) atoms. The standard InChI is InChI=1S/C14H25N5O2/c1-6-8-10(3)18(5)13-12(19(20)21)11(4)16-14(17-13)15-9-7-2/h10H,6-9H2,1-5H3,(H,15,16,17). The Morgan fingerprint density at radius 1 is 1.33 bits per heavy atom. The average molecular weight is 295 g/mol. The summed E-state index contributed by atoms with van der Waals surface area (Å²) in [7, 11) is 1.85. The number of aryl methyl sites for hydroxylation is 1. The summed E-state index contributed by atoms with van der Waals surface area (Å²) in [5, 5.41) is 14.4. The highest BCUT2D eigenvalue weighted by Gasteiger charge is 2.26. The van der Waals surface area contributed by atoms with Crippen molar-refractivity contribution in [1.29, 1.82) is 0 Å². The van der Waals surface area contributed by atoms with E-state index in [-0.39, 0.29) is 11.7 Å². The van der Waals surface area contributed by atoms with Crippen molar-refractivity contribution in [2.45, 2.75) is 53.0 Å². The van der Waals surface area contributed by atoms with Gasteiger partial charge in [-0.1, -0.05) is 20.3 Å². The molecular weight excluding hydrogens is 270 g/mol. The number of nitrogens with one attached hydrogen (secondary N) is 1. The topological polar surface area (TPSA) is 84.2 Å². The largest absolute Gasteiger partial charge is 0.354 e. The van der Waals surface area contributed by atoms with E-state index in [0.717, 1.165) is 25.8 Å². The first kappa shape index (κ1) is 17.1. The molecule has 1 unspecified atom stereocenters. The van der Waals surface area contributed by atoms with E-state index in [0.29, 0.717) is 17.5 Å². The van der Waals surface area contributed by atoms with Crippen LogP contribution in [0.1, 0.15) is 45.7 Å². The number of hydrogen-bond acceptors (Lipinski definition) is 6. The SMILES string of the molecule is CCCNc1nc(C)c([N+](=O)[O-])c(N(C)C(C)CCC)n1. The highest BCUT2D eigenvalue weighted by Crippen LogP contribution is 2.30. The molecule has 0 aliphatic carbocycles. The predicted octanol–water partition coefficient (Wildman–Crippen LogP) is 3.14. The molecule has 0 aromatic carbocycles. The molecule has 0 radical (unpaired) electrons. The molecule has 1 aromatic heterocycles. The van der Waals surface area contributed by atoms with Gasteiger partial charge in [-0.3, -0.25) is 10.1 Å². The summed E-state index contributed by atoms with van der Waals surface area (Å²) in [5.41, 5.74) is 0.377. The van der Waals surface area contributed by atoms with Gasteiger partial charge in [-0.15, -0.1) is 0 Å². The number of nitrogens with zero attached hydrogens (tertiary/aromatic N) is 4. The molecule has 0 fully saturated rings. The van der Waals surface area contributed by atoms with Crippen LogP contribution in [0, 0.1) is 17.0 Å². The van der Waals surface area contributed by atoms with Crippen LogP contribution >= 0.6 is 0 Å². The van der Waals surface area contributed by atoms with Crippen LogP contribution in [0.2, 0.25) is 0 Å². The van der Waals surface area contributed by atoms with E-state index in [9.17, 15) is 10.1 Å². The van der Waals surface area contributed by atoms with Gasteiger partial charge in [-0.2, -0.15) is 4.98 Å². The van der Waals surface area contributed by atoms with E-state index >= 15 is 0 Å². The normalized spacial score (nSPS) is 12.0. The van der Waals surface area contributed by atoms with Crippen molar-refractivity contribution in [1.82, 2.24) is 9.97 Å². The van der Waals surface area contributed by atoms with Gasteiger partial charge in [-0.05, 0) is 26.7 Å². The van der Waals surface area contributed by atoms with Crippen molar-refractivity contribution in [3.8, 4) is 0 Å². The number of anilines is 2. The molecule has 0 spiro atoms. The summed E-state index contributed by atoms with van der Waals surface area (Å²) in [4.78, 5) is 21.3. The number of rotatable bonds is 8. The maximum atomic E-state index is 11.3. The van der Waals surface area contributed by atoms with Crippen LogP contribution in [0.4, 0.5) is 17.5 Å². The molecule has 1 aromatic rings. The summed E-state index contributed by atoms with van der Waals surface area (Å²) in [5.74, 6) is 0.831. The van der Waals surface area contributed by atoms with Gasteiger partial charge in [0.25, 0.3) is 0 Å². The van der Waals surface area contributed by atoms with Crippen LogP contribution in [0.3, 0.4) is 0 Å². The molecule has 0 aliphatic rings. The monoisotopic (exact) mass is 295 g/mol. The molecule has 1 heterocycles. The van der Waals surface area contributed by atoms with Crippen molar-refractivity contribution in [3.05, 3.63) is 15.8 Å². The Morgan fingerprint density at radius 2 is 2.00 bits per heavy atom. The fourth-order valence-corrected chi connectivity index (χ4v) is 2.15. The van der Waals surface area contributed by atoms with Gasteiger partial charge in [0.1, 0.15) is 5.69 Å². The summed E-state index contributed by atoms with van der Waals surface area (Å²) >= 11 is 0. The van der Waals surface area contributed by atoms with Crippen LogP contribution in [0.5, 0.6) is 0 Å². The van der Waals surface area contributed by atoms with Gasteiger partial charge in [0.2, 0.25) is 11.8 Å². The average Bonchev–Trinajstić information content (AvgIpc) is 2.43. The van der Waals surface area contributed by atoms with Gasteiger partial charge < -0.3 is 10.2 Å². The lowest BCUT2D eigenvalue weighted by Gasteiger charge is -2.26. The Kier molecular flexibility index (Phi) is 6.33. The first-order valence-corrected chi connectivity index (χ1v) is 7.42. The van der Waals surface area contributed by atoms with Crippen LogP contribution < -0.4 is 10.2 Å². The lowest BCUT2D eigenvalue weighted by Crippen LogP contribution is -2.30. The van der Waals surface area contributed by atoms with Gasteiger partial charge in [0, 0.05) is 19.6 Å². The van der Waals surface area contributed by atoms with Gasteiger partial charge >= 0.3 is 5.69 Å². The molecule has 0 amide bonds. The van der Waals surface area contributed by atoms with E-state index in [1.807, 2.05) is 25.8 Å². The smallest absolute Gasteiger partial charge is 0.332 e. The number of nitro groups is 1. The van der Waals surface area contributed by atoms with E-state index in [4.69, 9.17) is 0 Å². The minimum atomic E-state index is -0.399. The maximum absolute atomic E-state index is 11.3. The molecule has 0 bridgehead atoms. The Balaban J connectivity index is 3.23. The summed E-state index contributed by atoms with van der Waals surface area (Å²) < 4.78 is 0. The second-order valence-electron chi connectivity index (χ2n) is 5.24. The zero-order valence-corrected chi connectivity index (χ0v) is 13.5. The van der Waals surface area contributed by atoms with E-state index < -0.39 is 4.92 Å². The minimum Gasteiger partial charge on any atom is -0.354 e. The van der Waals surface area contributed by atoms with Crippen molar-refractivity contribution >= 4 is 17.5 Å². The molecular formula is C14H25N5O2. The lowest BCUT2D eigenvalue weighted by atomic mass is 10.1. The first-order chi connectivity index (χ1) is 9.92. The zero-order valence-electron chi connectivity index (χ0n) is 13.5. The van der Waals surface area contributed by atoms with Gasteiger partial charge in [0.05, 0.1) is 4.92 Å². The summed E-state index contributed by atoms with van der Waals surface area (Å²) in [6, 6.07) is 0.182. The molecule has 118 valence electrons. The molecule has 7 nitrogen and oxygen atoms in total. The minimum absolute atomic E-state index is 0.0116. The second-order valence-corrected chi connectivity index (χ2v) is 5.24. The third-order valence-electron chi connectivity index (χ3n) is 3.46. The molecule has 0 saturated carbocycles. The quantitative estimate of drug-likeness (QED) is 0.586. The Hall–Kier alpha value is -1.92. The molecule has 0 saturated heterocycles. The Labute approximate surface area is 125 Å². The molecule has 0 aliphatic heterocycles. The number of hydrogen-bond donors (Lipinski definition) is 1. The van der Waals surface area contributed by atoms with E-state index in [1.165, 1.54) is 0 Å². The molecule has 1 rings (SSSR count). The van der Waals surface area contributed by atoms with Gasteiger partial charge in [0.15, 0.2) is 0 Å². The first-order valence-electron chi connectivity index (χ1n) is 7.42. The summed E-state index contributed by atoms with van der Waals surface area (Å²) in [6.45, 7) is 8.58. The highest BCUT2D eigenvalue weighted by atomic mass is 16.6.